The molecule has 1 saturated heterocycles. The molecule has 2 heterocycles. The average Bonchev–Trinajstić information content (AvgIpc) is 3.06. The van der Waals surface area contributed by atoms with Crippen molar-refractivity contribution < 1.29 is 19.8 Å². The number of rotatable bonds is 6. The van der Waals surface area contributed by atoms with Gasteiger partial charge in [0.05, 0.1) is 6.42 Å². The Morgan fingerprint density at radius 2 is 1.97 bits per heavy atom. The van der Waals surface area contributed by atoms with E-state index in [1.807, 2.05) is 29.0 Å². The number of halogens is 1. The molecule has 2 aliphatic rings. The molecule has 162 valence electrons. The lowest BCUT2D eigenvalue weighted by Gasteiger charge is -2.40. The van der Waals surface area contributed by atoms with Gasteiger partial charge in [0, 0.05) is 46.3 Å². The van der Waals surface area contributed by atoms with E-state index < -0.39 is 18.0 Å². The lowest BCUT2D eigenvalue weighted by atomic mass is 9.65. The van der Waals surface area contributed by atoms with Crippen LogP contribution >= 0.6 is 15.9 Å². The number of aliphatic carboxylic acids is 2. The normalized spacial score (nSPS) is 26.7. The zero-order chi connectivity index (χ0) is 21.8. The highest BCUT2D eigenvalue weighted by atomic mass is 79.9. The fraction of sp³-hybridized carbons (Fsp3) is 0.565. The van der Waals surface area contributed by atoms with Crippen LogP contribution in [0.15, 0.2) is 28.9 Å². The van der Waals surface area contributed by atoms with Crippen molar-refractivity contribution in [2.75, 3.05) is 6.54 Å². The first-order valence-electron chi connectivity index (χ1n) is 10.5. The predicted octanol–water partition coefficient (Wildman–Crippen LogP) is 4.90. The van der Waals surface area contributed by atoms with Gasteiger partial charge in [-0.1, -0.05) is 42.8 Å². The van der Waals surface area contributed by atoms with Crippen molar-refractivity contribution in [3.8, 4) is 0 Å². The Labute approximate surface area is 185 Å². The van der Waals surface area contributed by atoms with E-state index in [0.29, 0.717) is 6.54 Å². The average molecular weight is 477 g/mol. The summed E-state index contributed by atoms with van der Waals surface area (Å²) in [6, 6.07) is 5.30. The molecule has 1 aromatic carbocycles. The van der Waals surface area contributed by atoms with E-state index in [2.05, 4.69) is 41.6 Å². The minimum Gasteiger partial charge on any atom is -0.481 e. The maximum atomic E-state index is 12.6. The van der Waals surface area contributed by atoms with Crippen molar-refractivity contribution in [1.82, 2.24) is 9.47 Å². The summed E-state index contributed by atoms with van der Waals surface area (Å²) in [7, 11) is 0. The molecule has 0 radical (unpaired) electrons. The number of carboxylic acids is 2. The molecule has 7 heteroatoms. The first-order valence-corrected chi connectivity index (χ1v) is 11.3. The molecule has 1 aliphatic carbocycles. The van der Waals surface area contributed by atoms with Gasteiger partial charge in [-0.15, -0.1) is 0 Å². The quantitative estimate of drug-likeness (QED) is 0.618. The summed E-state index contributed by atoms with van der Waals surface area (Å²) in [5.74, 6) is -1.71. The maximum absolute atomic E-state index is 12.6. The number of carbonyl (C=O) groups is 2. The topological polar surface area (TPSA) is 82.8 Å². The number of fused-ring (bicyclic) bond motifs is 3. The van der Waals surface area contributed by atoms with E-state index in [1.165, 1.54) is 0 Å². The molecular formula is C23H29BrN2O4. The Morgan fingerprint density at radius 3 is 2.63 bits per heavy atom. The van der Waals surface area contributed by atoms with E-state index >= 15 is 0 Å². The standard InChI is InChI=1S/C23H29BrN2O4/c1-22(2)9-15-10-23(3,12-22)13-26(15)20(21(29)30)17-11-25(7-6-19(27)28)18-8-14(24)4-5-16(17)18/h4-5,8,11,15,20H,6-7,9-10,12-13H2,1-3H3,(H,27,28)(H,29,30)/t15-,20+,23+/m0/s1. The highest BCUT2D eigenvalue weighted by molar-refractivity contribution is 9.10. The van der Waals surface area contributed by atoms with Crippen LogP contribution in [0.2, 0.25) is 0 Å². The Balaban J connectivity index is 1.79. The number of likely N-dealkylation sites (tertiary alicyclic amines) is 1. The molecule has 0 unspecified atom stereocenters. The smallest absolute Gasteiger partial charge is 0.325 e. The number of aromatic nitrogens is 1. The molecule has 0 spiro atoms. The molecule has 2 fully saturated rings. The second-order valence-corrected chi connectivity index (χ2v) is 11.1. The minimum absolute atomic E-state index is 0.00787. The number of aryl methyl sites for hydroxylation is 1. The van der Waals surface area contributed by atoms with Gasteiger partial charge in [-0.3, -0.25) is 14.5 Å². The van der Waals surface area contributed by atoms with E-state index in [4.69, 9.17) is 5.11 Å². The molecule has 4 rings (SSSR count). The molecule has 3 atom stereocenters. The molecule has 1 aliphatic heterocycles. The van der Waals surface area contributed by atoms with Crippen LogP contribution in [0.1, 0.15) is 58.1 Å². The monoisotopic (exact) mass is 476 g/mol. The summed E-state index contributed by atoms with van der Waals surface area (Å²) in [4.78, 5) is 25.9. The largest absolute Gasteiger partial charge is 0.481 e. The molecule has 6 nitrogen and oxygen atoms in total. The fourth-order valence-electron chi connectivity index (χ4n) is 6.17. The van der Waals surface area contributed by atoms with Gasteiger partial charge in [-0.2, -0.15) is 0 Å². The van der Waals surface area contributed by atoms with Crippen LogP contribution in [0.25, 0.3) is 10.9 Å². The maximum Gasteiger partial charge on any atom is 0.325 e. The lowest BCUT2D eigenvalue weighted by Crippen LogP contribution is -2.39. The van der Waals surface area contributed by atoms with Gasteiger partial charge in [-0.05, 0) is 42.2 Å². The number of nitrogens with zero attached hydrogens (tertiary/aromatic N) is 2. The minimum atomic E-state index is -0.869. The van der Waals surface area contributed by atoms with Crippen LogP contribution in [0, 0.1) is 10.8 Å². The Morgan fingerprint density at radius 1 is 1.23 bits per heavy atom. The molecule has 0 amide bonds. The second-order valence-electron chi connectivity index (χ2n) is 10.2. The van der Waals surface area contributed by atoms with Crippen LogP contribution in [0.5, 0.6) is 0 Å². The zero-order valence-corrected chi connectivity index (χ0v) is 19.3. The number of hydrogen-bond acceptors (Lipinski definition) is 3. The van der Waals surface area contributed by atoms with E-state index in [1.54, 1.807) is 0 Å². The third kappa shape index (κ3) is 3.89. The summed E-state index contributed by atoms with van der Waals surface area (Å²) in [6.45, 7) is 7.93. The van der Waals surface area contributed by atoms with Crippen molar-refractivity contribution in [3.63, 3.8) is 0 Å². The molecular weight excluding hydrogens is 448 g/mol. The summed E-state index contributed by atoms with van der Waals surface area (Å²) >= 11 is 3.49. The summed E-state index contributed by atoms with van der Waals surface area (Å²) in [5, 5.41) is 20.3. The van der Waals surface area contributed by atoms with Gasteiger partial charge >= 0.3 is 11.9 Å². The number of hydrogen-bond donors (Lipinski definition) is 2. The highest BCUT2D eigenvalue weighted by Crippen LogP contribution is 2.54. The van der Waals surface area contributed by atoms with Crippen molar-refractivity contribution in [2.24, 2.45) is 10.8 Å². The van der Waals surface area contributed by atoms with Crippen LogP contribution in [0.4, 0.5) is 0 Å². The van der Waals surface area contributed by atoms with Gasteiger partial charge in [0.1, 0.15) is 6.04 Å². The third-order valence-corrected chi connectivity index (χ3v) is 7.25. The van der Waals surface area contributed by atoms with Gasteiger partial charge in [0.2, 0.25) is 0 Å². The number of carboxylic acid groups (broad SMARTS) is 2. The predicted molar refractivity (Wildman–Crippen MR) is 119 cm³/mol. The molecule has 2 aromatic rings. The van der Waals surface area contributed by atoms with Gasteiger partial charge in [0.25, 0.3) is 0 Å². The van der Waals surface area contributed by atoms with Gasteiger partial charge < -0.3 is 14.8 Å². The molecule has 2 bridgehead atoms. The molecule has 1 aromatic heterocycles. The zero-order valence-electron chi connectivity index (χ0n) is 17.7. The van der Waals surface area contributed by atoms with Crippen LogP contribution in [-0.2, 0) is 16.1 Å². The molecule has 1 saturated carbocycles. The summed E-state index contributed by atoms with van der Waals surface area (Å²) in [5.41, 5.74) is 1.95. The van der Waals surface area contributed by atoms with E-state index in [0.717, 1.165) is 46.7 Å². The Hall–Kier alpha value is -1.86. The van der Waals surface area contributed by atoms with Crippen molar-refractivity contribution in [2.45, 2.75) is 65.1 Å². The van der Waals surface area contributed by atoms with E-state index in [9.17, 15) is 14.7 Å². The van der Waals surface area contributed by atoms with Crippen LogP contribution in [0.3, 0.4) is 0 Å². The van der Waals surface area contributed by atoms with Crippen LogP contribution in [-0.4, -0.2) is 44.2 Å². The molecule has 2 N–H and O–H groups in total. The Bertz CT molecular complexity index is 1010. The van der Waals surface area contributed by atoms with Crippen LogP contribution < -0.4 is 0 Å². The SMILES string of the molecule is CC1(C)C[C@H]2C[C@@](C)(CN2[C@@H](C(=O)O)c2cn(CCC(=O)O)c3cc(Br)ccc23)C1. The second kappa shape index (κ2) is 7.38. The van der Waals surface area contributed by atoms with Crippen molar-refractivity contribution >= 4 is 38.8 Å². The van der Waals surface area contributed by atoms with Gasteiger partial charge in [0.15, 0.2) is 0 Å². The fourth-order valence-corrected chi connectivity index (χ4v) is 6.52. The number of benzene rings is 1. The summed E-state index contributed by atoms with van der Waals surface area (Å²) in [6.07, 6.45) is 4.98. The van der Waals surface area contributed by atoms with E-state index in [-0.39, 0.29) is 23.3 Å². The lowest BCUT2D eigenvalue weighted by molar-refractivity contribution is -0.144. The first kappa shape index (κ1) is 21.4. The van der Waals surface area contributed by atoms with Crippen molar-refractivity contribution in [3.05, 3.63) is 34.4 Å². The van der Waals surface area contributed by atoms with Gasteiger partial charge in [-0.25, -0.2) is 0 Å². The third-order valence-electron chi connectivity index (χ3n) is 6.76. The first-order chi connectivity index (χ1) is 14.0. The Kier molecular flexibility index (Phi) is 5.26. The molecule has 30 heavy (non-hydrogen) atoms. The van der Waals surface area contributed by atoms with Crippen molar-refractivity contribution in [1.29, 1.82) is 0 Å². The summed E-state index contributed by atoms with van der Waals surface area (Å²) < 4.78 is 2.77. The highest BCUT2D eigenvalue weighted by Gasteiger charge is 2.52.